The lowest BCUT2D eigenvalue weighted by Gasteiger charge is -2.11. The van der Waals surface area contributed by atoms with Gasteiger partial charge in [0.1, 0.15) is 11.9 Å². The number of nitrogens with zero attached hydrogens (tertiary/aromatic N) is 3. The van der Waals surface area contributed by atoms with Gasteiger partial charge in [-0.15, -0.1) is 0 Å². The number of hydrogen-bond acceptors (Lipinski definition) is 5. The van der Waals surface area contributed by atoms with Crippen molar-refractivity contribution in [2.45, 2.75) is 6.92 Å². The van der Waals surface area contributed by atoms with Crippen LogP contribution in [0.1, 0.15) is 11.1 Å². The van der Waals surface area contributed by atoms with Crippen LogP contribution in [0.5, 0.6) is 0 Å². The smallest absolute Gasteiger partial charge is 0.280 e. The number of nitrogens with one attached hydrogen (secondary N) is 1. The molecule has 0 atom stereocenters. The van der Waals surface area contributed by atoms with Gasteiger partial charge in [-0.1, -0.05) is 12.1 Å². The first-order chi connectivity index (χ1) is 11.5. The standard InChI is InChI=1S/C17H11FN4O2/c1-10-5-6-13-12(16(10)22(23)24)7-8-20-17(13)21-14-4-2-3-11(9-19)15(14)18/h2-8H,1H3,(H,20,21). The Morgan fingerprint density at radius 1 is 1.25 bits per heavy atom. The molecule has 0 unspecified atom stereocenters. The van der Waals surface area contributed by atoms with Crippen LogP contribution in [-0.4, -0.2) is 9.91 Å². The summed E-state index contributed by atoms with van der Waals surface area (Å²) in [4.78, 5) is 15.0. The summed E-state index contributed by atoms with van der Waals surface area (Å²) in [5.41, 5.74) is 0.505. The van der Waals surface area contributed by atoms with E-state index in [1.54, 1.807) is 37.3 Å². The number of fused-ring (bicyclic) bond motifs is 1. The molecule has 0 aliphatic heterocycles. The van der Waals surface area contributed by atoms with Crippen molar-refractivity contribution < 1.29 is 9.31 Å². The lowest BCUT2D eigenvalue weighted by Crippen LogP contribution is -2.00. The highest BCUT2D eigenvalue weighted by molar-refractivity contribution is 5.99. The van der Waals surface area contributed by atoms with E-state index in [-0.39, 0.29) is 22.8 Å². The predicted molar refractivity (Wildman–Crippen MR) is 87.5 cm³/mol. The van der Waals surface area contributed by atoms with Gasteiger partial charge in [-0.2, -0.15) is 5.26 Å². The molecule has 0 radical (unpaired) electrons. The van der Waals surface area contributed by atoms with Crippen LogP contribution in [-0.2, 0) is 0 Å². The number of aryl methyl sites for hydroxylation is 1. The Balaban J connectivity index is 2.17. The SMILES string of the molecule is Cc1ccc2c(Nc3cccc(C#N)c3F)nccc2c1[N+](=O)[O-]. The fourth-order valence-corrected chi connectivity index (χ4v) is 2.53. The number of nitriles is 1. The number of nitro benzene ring substituents is 1. The van der Waals surface area contributed by atoms with Gasteiger partial charge in [0.15, 0.2) is 5.82 Å². The molecular weight excluding hydrogens is 311 g/mol. The lowest BCUT2D eigenvalue weighted by atomic mass is 10.1. The molecule has 1 heterocycles. The first kappa shape index (κ1) is 15.4. The van der Waals surface area contributed by atoms with E-state index in [1.165, 1.54) is 18.3 Å². The van der Waals surface area contributed by atoms with Gasteiger partial charge in [0.05, 0.1) is 21.6 Å². The largest absolute Gasteiger partial charge is 0.337 e. The number of anilines is 2. The van der Waals surface area contributed by atoms with Gasteiger partial charge in [-0.3, -0.25) is 10.1 Å². The maximum Gasteiger partial charge on any atom is 0.280 e. The van der Waals surface area contributed by atoms with E-state index in [9.17, 15) is 14.5 Å². The summed E-state index contributed by atoms with van der Waals surface area (Å²) < 4.78 is 14.2. The van der Waals surface area contributed by atoms with Gasteiger partial charge in [-0.25, -0.2) is 9.37 Å². The zero-order valence-corrected chi connectivity index (χ0v) is 12.6. The second-order valence-corrected chi connectivity index (χ2v) is 5.15. The molecule has 6 nitrogen and oxygen atoms in total. The zero-order valence-electron chi connectivity index (χ0n) is 12.6. The fraction of sp³-hybridized carbons (Fsp3) is 0.0588. The molecule has 3 rings (SSSR count). The Labute approximate surface area is 136 Å². The minimum atomic E-state index is -0.694. The first-order valence-corrected chi connectivity index (χ1v) is 7.01. The summed E-state index contributed by atoms with van der Waals surface area (Å²) in [5, 5.41) is 23.9. The van der Waals surface area contributed by atoms with Crippen LogP contribution < -0.4 is 5.32 Å². The van der Waals surface area contributed by atoms with Crippen LogP contribution in [0.4, 0.5) is 21.6 Å². The van der Waals surface area contributed by atoms with Crippen molar-refractivity contribution >= 4 is 28.0 Å². The minimum absolute atomic E-state index is 0.0100. The summed E-state index contributed by atoms with van der Waals surface area (Å²) in [6.07, 6.45) is 1.42. The van der Waals surface area contributed by atoms with E-state index in [1.807, 2.05) is 0 Å². The molecule has 0 bridgehead atoms. The van der Waals surface area contributed by atoms with Crippen molar-refractivity contribution in [3.05, 3.63) is 69.7 Å². The van der Waals surface area contributed by atoms with E-state index in [0.717, 1.165) is 0 Å². The molecule has 0 spiro atoms. The number of benzene rings is 2. The molecule has 0 amide bonds. The predicted octanol–water partition coefficient (Wildman–Crippen LogP) is 4.21. The van der Waals surface area contributed by atoms with Gasteiger partial charge in [0.2, 0.25) is 0 Å². The van der Waals surface area contributed by atoms with Crippen molar-refractivity contribution in [2.24, 2.45) is 0 Å². The molecule has 0 aliphatic carbocycles. The minimum Gasteiger partial charge on any atom is -0.337 e. The van der Waals surface area contributed by atoms with Crippen molar-refractivity contribution in [3.63, 3.8) is 0 Å². The van der Waals surface area contributed by atoms with Crippen molar-refractivity contribution in [1.29, 1.82) is 5.26 Å². The van der Waals surface area contributed by atoms with Gasteiger partial charge < -0.3 is 5.32 Å². The molecule has 1 N–H and O–H groups in total. The van der Waals surface area contributed by atoms with Crippen LogP contribution in [0.3, 0.4) is 0 Å². The van der Waals surface area contributed by atoms with Crippen LogP contribution in [0.25, 0.3) is 10.8 Å². The Morgan fingerprint density at radius 2 is 2.04 bits per heavy atom. The van der Waals surface area contributed by atoms with E-state index in [2.05, 4.69) is 10.3 Å². The highest BCUT2D eigenvalue weighted by atomic mass is 19.1. The molecule has 118 valence electrons. The third-order valence-electron chi connectivity index (χ3n) is 3.67. The van der Waals surface area contributed by atoms with E-state index in [4.69, 9.17) is 5.26 Å². The molecule has 0 saturated heterocycles. The normalized spacial score (nSPS) is 10.4. The number of nitro groups is 1. The average molecular weight is 322 g/mol. The molecule has 0 fully saturated rings. The molecular formula is C17H11FN4O2. The second kappa shape index (κ2) is 5.93. The molecule has 24 heavy (non-hydrogen) atoms. The lowest BCUT2D eigenvalue weighted by molar-refractivity contribution is -0.383. The molecule has 3 aromatic rings. The average Bonchev–Trinajstić information content (AvgIpc) is 2.56. The van der Waals surface area contributed by atoms with Crippen molar-refractivity contribution in [1.82, 2.24) is 4.98 Å². The molecule has 7 heteroatoms. The van der Waals surface area contributed by atoms with E-state index in [0.29, 0.717) is 16.3 Å². The van der Waals surface area contributed by atoms with Crippen LogP contribution in [0, 0.1) is 34.2 Å². The number of halogens is 1. The van der Waals surface area contributed by atoms with Crippen molar-refractivity contribution in [2.75, 3.05) is 5.32 Å². The summed E-state index contributed by atoms with van der Waals surface area (Å²) >= 11 is 0. The zero-order chi connectivity index (χ0) is 17.3. The molecule has 0 aliphatic rings. The summed E-state index contributed by atoms with van der Waals surface area (Å²) in [6.45, 7) is 1.65. The summed E-state index contributed by atoms with van der Waals surface area (Å²) in [7, 11) is 0. The summed E-state index contributed by atoms with van der Waals surface area (Å²) in [6, 6.07) is 11.0. The van der Waals surface area contributed by atoms with E-state index < -0.39 is 10.7 Å². The molecule has 2 aromatic carbocycles. The quantitative estimate of drug-likeness (QED) is 0.576. The highest BCUT2D eigenvalue weighted by Crippen LogP contribution is 2.33. The Bertz CT molecular complexity index is 1010. The highest BCUT2D eigenvalue weighted by Gasteiger charge is 2.18. The molecule has 1 aromatic heterocycles. The van der Waals surface area contributed by atoms with Crippen LogP contribution in [0.2, 0.25) is 0 Å². The maximum absolute atomic E-state index is 14.2. The topological polar surface area (TPSA) is 91.8 Å². The third-order valence-corrected chi connectivity index (χ3v) is 3.67. The van der Waals surface area contributed by atoms with Gasteiger partial charge >= 0.3 is 0 Å². The number of pyridine rings is 1. The van der Waals surface area contributed by atoms with Crippen LogP contribution >= 0.6 is 0 Å². The van der Waals surface area contributed by atoms with Crippen molar-refractivity contribution in [3.8, 4) is 6.07 Å². The Kier molecular flexibility index (Phi) is 3.80. The Morgan fingerprint density at radius 3 is 2.75 bits per heavy atom. The monoisotopic (exact) mass is 322 g/mol. The molecule has 0 saturated carbocycles. The second-order valence-electron chi connectivity index (χ2n) is 5.15. The number of rotatable bonds is 3. The van der Waals surface area contributed by atoms with Gasteiger partial charge in [0.25, 0.3) is 5.69 Å². The van der Waals surface area contributed by atoms with Crippen LogP contribution in [0.15, 0.2) is 42.6 Å². The van der Waals surface area contributed by atoms with Gasteiger partial charge in [-0.05, 0) is 31.2 Å². The first-order valence-electron chi connectivity index (χ1n) is 7.01. The maximum atomic E-state index is 14.2. The van der Waals surface area contributed by atoms with E-state index >= 15 is 0 Å². The number of aromatic nitrogens is 1. The third kappa shape index (κ3) is 2.50. The fourth-order valence-electron chi connectivity index (χ4n) is 2.53. The number of hydrogen-bond donors (Lipinski definition) is 1. The summed E-state index contributed by atoms with van der Waals surface area (Å²) in [5.74, 6) is -0.412. The Hall–Kier alpha value is -3.53. The van der Waals surface area contributed by atoms with Gasteiger partial charge in [0, 0.05) is 17.1 Å².